The highest BCUT2D eigenvalue weighted by molar-refractivity contribution is 7.87. The van der Waals surface area contributed by atoms with Gasteiger partial charge in [-0.05, 0) is 19.8 Å². The Kier molecular flexibility index (Phi) is 4.88. The number of piperidine rings is 1. The molecule has 0 unspecified atom stereocenters. The van der Waals surface area contributed by atoms with Crippen LogP contribution in [0, 0.1) is 6.92 Å². The number of nitrogens with one attached hydrogen (secondary N) is 1. The summed E-state index contributed by atoms with van der Waals surface area (Å²) in [5.74, 6) is 0.456. The summed E-state index contributed by atoms with van der Waals surface area (Å²) in [7, 11) is -0.384. The molecule has 1 N–H and O–H groups in total. The van der Waals surface area contributed by atoms with Gasteiger partial charge >= 0.3 is 0 Å². The van der Waals surface area contributed by atoms with Gasteiger partial charge in [-0.1, -0.05) is 6.92 Å². The molecule has 0 aromatic carbocycles. The summed E-state index contributed by atoms with van der Waals surface area (Å²) in [5.41, 5.74) is 0.818. The number of hydrogen-bond donors (Lipinski definition) is 1. The van der Waals surface area contributed by atoms with Crippen molar-refractivity contribution in [2.45, 2.75) is 32.7 Å². The van der Waals surface area contributed by atoms with Gasteiger partial charge in [-0.2, -0.15) is 22.5 Å². The zero-order valence-electron chi connectivity index (χ0n) is 13.4. The van der Waals surface area contributed by atoms with Crippen molar-refractivity contribution in [3.8, 4) is 0 Å². The van der Waals surface area contributed by atoms with Gasteiger partial charge in [-0.15, -0.1) is 0 Å². The van der Waals surface area contributed by atoms with E-state index in [1.807, 2.05) is 13.0 Å². The standard InChI is InChI=1S/C13H23N5O3S/c1-5-16(3)22(20,21)15-11-7-6-8-18(13(11)19)12-9-10(2)14-17(12)4/h9,11,15H,5-8H2,1-4H3/t11-/m1/s1. The lowest BCUT2D eigenvalue weighted by atomic mass is 10.1. The maximum Gasteiger partial charge on any atom is 0.279 e. The number of carbonyl (C=O) groups excluding carboxylic acids is 1. The highest BCUT2D eigenvalue weighted by Crippen LogP contribution is 2.22. The molecule has 1 aromatic heterocycles. The lowest BCUT2D eigenvalue weighted by molar-refractivity contribution is -0.121. The van der Waals surface area contributed by atoms with Crippen LogP contribution in [0.15, 0.2) is 6.07 Å². The number of aryl methyl sites for hydroxylation is 2. The number of amides is 1. The molecule has 1 atom stereocenters. The van der Waals surface area contributed by atoms with E-state index in [2.05, 4.69) is 9.82 Å². The lowest BCUT2D eigenvalue weighted by Gasteiger charge is -2.32. The van der Waals surface area contributed by atoms with Crippen LogP contribution in [0.25, 0.3) is 0 Å². The molecule has 2 heterocycles. The largest absolute Gasteiger partial charge is 0.296 e. The van der Waals surface area contributed by atoms with Crippen molar-refractivity contribution in [2.75, 3.05) is 25.0 Å². The Morgan fingerprint density at radius 2 is 2.18 bits per heavy atom. The Bertz CT molecular complexity index is 655. The molecular weight excluding hydrogens is 306 g/mol. The van der Waals surface area contributed by atoms with Crippen LogP contribution >= 0.6 is 0 Å². The minimum Gasteiger partial charge on any atom is -0.296 e. The van der Waals surface area contributed by atoms with Crippen molar-refractivity contribution >= 4 is 21.9 Å². The summed E-state index contributed by atoms with van der Waals surface area (Å²) in [5, 5.41) is 4.24. The van der Waals surface area contributed by atoms with E-state index in [0.717, 1.165) is 12.1 Å². The third-order valence-electron chi connectivity index (χ3n) is 3.84. The third kappa shape index (κ3) is 3.31. The molecule has 2 rings (SSSR count). The Labute approximate surface area is 131 Å². The normalized spacial score (nSPS) is 20.0. The Balaban J connectivity index is 2.19. The molecule has 1 amide bonds. The van der Waals surface area contributed by atoms with E-state index in [-0.39, 0.29) is 5.91 Å². The van der Waals surface area contributed by atoms with Crippen LogP contribution in [0.1, 0.15) is 25.5 Å². The first-order valence-electron chi connectivity index (χ1n) is 7.32. The van der Waals surface area contributed by atoms with Gasteiger partial charge in [0, 0.05) is 33.3 Å². The van der Waals surface area contributed by atoms with E-state index in [4.69, 9.17) is 0 Å². The first kappa shape index (κ1) is 16.9. The van der Waals surface area contributed by atoms with Gasteiger partial charge in [0.25, 0.3) is 10.2 Å². The number of nitrogens with zero attached hydrogens (tertiary/aromatic N) is 4. The van der Waals surface area contributed by atoms with Gasteiger partial charge < -0.3 is 0 Å². The fourth-order valence-corrected chi connectivity index (χ4v) is 3.60. The van der Waals surface area contributed by atoms with E-state index in [1.54, 1.807) is 23.6 Å². The lowest BCUT2D eigenvalue weighted by Crippen LogP contribution is -2.55. The van der Waals surface area contributed by atoms with Crippen LogP contribution in [-0.2, 0) is 22.1 Å². The minimum absolute atomic E-state index is 0.234. The zero-order chi connectivity index (χ0) is 16.5. The molecule has 0 aliphatic carbocycles. The van der Waals surface area contributed by atoms with Crippen LogP contribution in [0.3, 0.4) is 0 Å². The molecule has 0 radical (unpaired) electrons. The first-order chi connectivity index (χ1) is 10.3. The second-order valence-electron chi connectivity index (χ2n) is 5.49. The topological polar surface area (TPSA) is 87.5 Å². The molecule has 22 heavy (non-hydrogen) atoms. The van der Waals surface area contributed by atoms with Crippen molar-refractivity contribution in [1.29, 1.82) is 0 Å². The molecule has 1 aromatic rings. The van der Waals surface area contributed by atoms with E-state index < -0.39 is 16.3 Å². The molecular formula is C13H23N5O3S. The first-order valence-corrected chi connectivity index (χ1v) is 8.76. The van der Waals surface area contributed by atoms with Gasteiger partial charge in [0.15, 0.2) is 0 Å². The van der Waals surface area contributed by atoms with Gasteiger partial charge in [-0.3, -0.25) is 14.4 Å². The number of anilines is 1. The second kappa shape index (κ2) is 6.35. The molecule has 124 valence electrons. The molecule has 1 aliphatic rings. The van der Waals surface area contributed by atoms with Crippen molar-refractivity contribution in [3.63, 3.8) is 0 Å². The molecule has 1 saturated heterocycles. The number of aromatic nitrogens is 2. The molecule has 8 nitrogen and oxygen atoms in total. The summed E-state index contributed by atoms with van der Waals surface area (Å²) < 4.78 is 29.6. The molecule has 0 spiro atoms. The molecule has 0 saturated carbocycles. The molecule has 9 heteroatoms. The average Bonchev–Trinajstić information content (AvgIpc) is 2.78. The van der Waals surface area contributed by atoms with Crippen molar-refractivity contribution in [2.24, 2.45) is 7.05 Å². The molecule has 1 aliphatic heterocycles. The van der Waals surface area contributed by atoms with E-state index in [1.165, 1.54) is 11.4 Å². The predicted octanol–water partition coefficient (Wildman–Crippen LogP) is 0.0100. The summed E-state index contributed by atoms with van der Waals surface area (Å²) in [4.78, 5) is 14.2. The minimum atomic E-state index is -3.64. The predicted molar refractivity (Wildman–Crippen MR) is 83.7 cm³/mol. The SMILES string of the molecule is CCN(C)S(=O)(=O)N[C@@H]1CCCN(c2cc(C)nn2C)C1=O. The van der Waals surface area contributed by atoms with Gasteiger partial charge in [0.05, 0.1) is 5.69 Å². The molecule has 0 bridgehead atoms. The maximum absolute atomic E-state index is 12.6. The van der Waals surface area contributed by atoms with E-state index in [9.17, 15) is 13.2 Å². The third-order valence-corrected chi connectivity index (χ3v) is 5.50. The van der Waals surface area contributed by atoms with Crippen LogP contribution in [0.2, 0.25) is 0 Å². The van der Waals surface area contributed by atoms with E-state index in [0.29, 0.717) is 25.3 Å². The Morgan fingerprint density at radius 3 is 2.73 bits per heavy atom. The smallest absolute Gasteiger partial charge is 0.279 e. The van der Waals surface area contributed by atoms with Gasteiger partial charge in [0.1, 0.15) is 11.9 Å². The van der Waals surface area contributed by atoms with Crippen molar-refractivity contribution in [1.82, 2.24) is 18.8 Å². The van der Waals surface area contributed by atoms with Crippen LogP contribution in [0.4, 0.5) is 5.82 Å². The Morgan fingerprint density at radius 1 is 1.50 bits per heavy atom. The zero-order valence-corrected chi connectivity index (χ0v) is 14.2. The molecule has 1 fully saturated rings. The van der Waals surface area contributed by atoms with Crippen LogP contribution in [-0.4, -0.2) is 54.6 Å². The number of rotatable bonds is 5. The maximum atomic E-state index is 12.6. The second-order valence-corrected chi connectivity index (χ2v) is 7.30. The van der Waals surface area contributed by atoms with Crippen molar-refractivity contribution < 1.29 is 13.2 Å². The fraction of sp³-hybridized carbons (Fsp3) is 0.692. The van der Waals surface area contributed by atoms with Crippen LogP contribution < -0.4 is 9.62 Å². The Hall–Kier alpha value is -1.45. The van der Waals surface area contributed by atoms with Crippen molar-refractivity contribution in [3.05, 3.63) is 11.8 Å². The van der Waals surface area contributed by atoms with Gasteiger partial charge in [0.2, 0.25) is 5.91 Å². The summed E-state index contributed by atoms with van der Waals surface area (Å²) >= 11 is 0. The summed E-state index contributed by atoms with van der Waals surface area (Å²) in [6.07, 6.45) is 1.24. The van der Waals surface area contributed by atoms with Gasteiger partial charge in [-0.25, -0.2) is 0 Å². The monoisotopic (exact) mass is 329 g/mol. The van der Waals surface area contributed by atoms with Crippen LogP contribution in [0.5, 0.6) is 0 Å². The number of hydrogen-bond acceptors (Lipinski definition) is 4. The highest BCUT2D eigenvalue weighted by atomic mass is 32.2. The summed E-state index contributed by atoms with van der Waals surface area (Å²) in [6, 6.07) is 1.09. The number of carbonyl (C=O) groups is 1. The summed E-state index contributed by atoms with van der Waals surface area (Å²) in [6.45, 7) is 4.52. The van der Waals surface area contributed by atoms with E-state index >= 15 is 0 Å². The average molecular weight is 329 g/mol. The fourth-order valence-electron chi connectivity index (χ4n) is 2.50. The quantitative estimate of drug-likeness (QED) is 0.824. The highest BCUT2D eigenvalue weighted by Gasteiger charge is 2.34.